The first-order valence-electron chi connectivity index (χ1n) is 6.03. The third-order valence-electron chi connectivity index (χ3n) is 3.55. The van der Waals surface area contributed by atoms with Gasteiger partial charge < -0.3 is 0 Å². The zero-order valence-corrected chi connectivity index (χ0v) is 11.4. The van der Waals surface area contributed by atoms with Crippen LogP contribution in [0, 0.1) is 11.8 Å². The highest BCUT2D eigenvalue weighted by Crippen LogP contribution is 2.40. The topological polar surface area (TPSA) is 41.5 Å². The molecule has 3 rings (SSSR count). The Morgan fingerprint density at radius 1 is 1.33 bits per heavy atom. The quantitative estimate of drug-likeness (QED) is 0.662. The van der Waals surface area contributed by atoms with E-state index in [1.807, 2.05) is 12.1 Å². The van der Waals surface area contributed by atoms with Gasteiger partial charge in [-0.3, -0.25) is 4.79 Å². The molecule has 0 aliphatic heterocycles. The molecule has 0 aromatic heterocycles. The smallest absolute Gasteiger partial charge is 0.267 e. The molecule has 1 saturated carbocycles. The second-order valence-corrected chi connectivity index (χ2v) is 5.62. The zero-order chi connectivity index (χ0) is 12.5. The Hall–Kier alpha value is -1.42. The third kappa shape index (κ3) is 2.12. The maximum Gasteiger partial charge on any atom is 0.271 e. The van der Waals surface area contributed by atoms with E-state index in [9.17, 15) is 4.79 Å². The molecule has 0 bridgehead atoms. The van der Waals surface area contributed by atoms with Crippen LogP contribution in [0.15, 0.2) is 46.0 Å². The molecule has 4 heteroatoms. The number of amides is 1. The van der Waals surface area contributed by atoms with Crippen molar-refractivity contribution in [2.75, 3.05) is 0 Å². The molecule has 1 aromatic rings. The highest BCUT2D eigenvalue weighted by Gasteiger charge is 2.37. The number of carbonyl (C=O) groups is 1. The van der Waals surface area contributed by atoms with Crippen molar-refractivity contribution < 1.29 is 4.79 Å². The van der Waals surface area contributed by atoms with Crippen LogP contribution in [0.1, 0.15) is 23.2 Å². The van der Waals surface area contributed by atoms with Crippen molar-refractivity contribution >= 4 is 27.5 Å². The lowest BCUT2D eigenvalue weighted by molar-refractivity contribution is 0.0954. The lowest BCUT2D eigenvalue weighted by Gasteiger charge is -2.31. The van der Waals surface area contributed by atoms with E-state index in [2.05, 4.69) is 38.6 Å². The number of rotatable bonds is 2. The Morgan fingerprint density at radius 3 is 2.83 bits per heavy atom. The molecule has 18 heavy (non-hydrogen) atoms. The standard InChI is InChI=1S/C14H13BrN2O/c15-11-6-4-9(5-7-11)14(18)17-16-13-8-10-2-1-3-12(10)13/h1,3-7,10,12H,2,8H2,(H,17,18)/b16-13-/t10-,12+/m1/s1. The minimum Gasteiger partial charge on any atom is -0.267 e. The largest absolute Gasteiger partial charge is 0.271 e. The number of nitrogens with one attached hydrogen (secondary N) is 1. The molecule has 2 atom stereocenters. The molecule has 1 fully saturated rings. The van der Waals surface area contributed by atoms with Crippen LogP contribution in [0.25, 0.3) is 0 Å². The Balaban J connectivity index is 1.63. The molecule has 2 aliphatic rings. The predicted molar refractivity (Wildman–Crippen MR) is 74.4 cm³/mol. The summed E-state index contributed by atoms with van der Waals surface area (Å²) in [5, 5.41) is 4.23. The first-order chi connectivity index (χ1) is 8.74. The van der Waals surface area contributed by atoms with E-state index >= 15 is 0 Å². The van der Waals surface area contributed by atoms with Crippen molar-refractivity contribution in [1.29, 1.82) is 0 Å². The summed E-state index contributed by atoms with van der Waals surface area (Å²) in [7, 11) is 0. The predicted octanol–water partition coefficient (Wildman–Crippen LogP) is 3.13. The molecule has 0 heterocycles. The first-order valence-corrected chi connectivity index (χ1v) is 6.82. The molecule has 0 saturated heterocycles. The second-order valence-electron chi connectivity index (χ2n) is 4.70. The summed E-state index contributed by atoms with van der Waals surface area (Å²) in [4.78, 5) is 11.8. The van der Waals surface area contributed by atoms with E-state index in [4.69, 9.17) is 0 Å². The Bertz CT molecular complexity index is 533. The molecule has 2 aliphatic carbocycles. The number of benzene rings is 1. The van der Waals surface area contributed by atoms with Crippen LogP contribution >= 0.6 is 15.9 Å². The maximum atomic E-state index is 11.8. The van der Waals surface area contributed by atoms with E-state index < -0.39 is 0 Å². The van der Waals surface area contributed by atoms with Gasteiger partial charge in [0, 0.05) is 21.7 Å². The van der Waals surface area contributed by atoms with Gasteiger partial charge in [-0.2, -0.15) is 5.10 Å². The Labute approximate surface area is 114 Å². The summed E-state index contributed by atoms with van der Waals surface area (Å²) in [6.45, 7) is 0. The van der Waals surface area contributed by atoms with Crippen LogP contribution in [0.4, 0.5) is 0 Å². The number of carbonyl (C=O) groups excluding carboxylic acids is 1. The van der Waals surface area contributed by atoms with Gasteiger partial charge >= 0.3 is 0 Å². The van der Waals surface area contributed by atoms with Crippen molar-refractivity contribution in [3.63, 3.8) is 0 Å². The molecule has 1 aromatic carbocycles. The number of allylic oxidation sites excluding steroid dienone is 2. The third-order valence-corrected chi connectivity index (χ3v) is 4.08. The fourth-order valence-corrected chi connectivity index (χ4v) is 2.71. The van der Waals surface area contributed by atoms with E-state index in [1.54, 1.807) is 12.1 Å². The van der Waals surface area contributed by atoms with Crippen LogP contribution in [0.2, 0.25) is 0 Å². The van der Waals surface area contributed by atoms with Crippen LogP contribution in [0.3, 0.4) is 0 Å². The van der Waals surface area contributed by atoms with Crippen molar-refractivity contribution in [3.05, 3.63) is 46.5 Å². The van der Waals surface area contributed by atoms with Gasteiger partial charge in [-0.05, 0) is 43.0 Å². The molecule has 1 N–H and O–H groups in total. The van der Waals surface area contributed by atoms with Crippen LogP contribution in [0.5, 0.6) is 0 Å². The molecular weight excluding hydrogens is 292 g/mol. The molecule has 92 valence electrons. The number of halogens is 1. The first kappa shape index (κ1) is 11.7. The van der Waals surface area contributed by atoms with Crippen molar-refractivity contribution in [2.24, 2.45) is 16.9 Å². The lowest BCUT2D eigenvalue weighted by Crippen LogP contribution is -2.35. The number of fused-ring (bicyclic) bond motifs is 1. The maximum absolute atomic E-state index is 11.8. The zero-order valence-electron chi connectivity index (χ0n) is 9.77. The highest BCUT2D eigenvalue weighted by atomic mass is 79.9. The van der Waals surface area contributed by atoms with E-state index in [0.29, 0.717) is 11.5 Å². The average molecular weight is 305 g/mol. The molecule has 3 nitrogen and oxygen atoms in total. The monoisotopic (exact) mass is 304 g/mol. The number of hydrogen-bond donors (Lipinski definition) is 1. The molecular formula is C14H13BrN2O. The Morgan fingerprint density at radius 2 is 2.11 bits per heavy atom. The van der Waals surface area contributed by atoms with Crippen LogP contribution in [-0.2, 0) is 0 Å². The lowest BCUT2D eigenvalue weighted by atomic mass is 9.74. The number of hydrazone groups is 1. The van der Waals surface area contributed by atoms with Gasteiger partial charge in [-0.1, -0.05) is 28.1 Å². The van der Waals surface area contributed by atoms with Crippen molar-refractivity contribution in [1.82, 2.24) is 5.43 Å². The summed E-state index contributed by atoms with van der Waals surface area (Å²) in [5.74, 6) is 1.05. The van der Waals surface area contributed by atoms with Crippen LogP contribution < -0.4 is 5.43 Å². The molecule has 0 radical (unpaired) electrons. The van der Waals surface area contributed by atoms with Gasteiger partial charge in [0.15, 0.2) is 0 Å². The summed E-state index contributed by atoms with van der Waals surface area (Å²) < 4.78 is 0.961. The Kier molecular flexibility index (Phi) is 3.04. The fourth-order valence-electron chi connectivity index (χ4n) is 2.45. The summed E-state index contributed by atoms with van der Waals surface area (Å²) in [5.41, 5.74) is 4.35. The van der Waals surface area contributed by atoms with Gasteiger partial charge in [-0.15, -0.1) is 0 Å². The van der Waals surface area contributed by atoms with Crippen molar-refractivity contribution in [2.45, 2.75) is 12.8 Å². The molecule has 1 amide bonds. The van der Waals surface area contributed by atoms with Crippen LogP contribution in [-0.4, -0.2) is 11.6 Å². The van der Waals surface area contributed by atoms with Gasteiger partial charge in [0.25, 0.3) is 5.91 Å². The summed E-state index contributed by atoms with van der Waals surface area (Å²) >= 11 is 3.34. The minimum absolute atomic E-state index is 0.152. The van der Waals surface area contributed by atoms with Crippen molar-refractivity contribution in [3.8, 4) is 0 Å². The summed E-state index contributed by atoms with van der Waals surface area (Å²) in [6.07, 6.45) is 6.57. The minimum atomic E-state index is -0.152. The average Bonchev–Trinajstić information content (AvgIpc) is 2.72. The van der Waals surface area contributed by atoms with E-state index in [1.165, 1.54) is 0 Å². The van der Waals surface area contributed by atoms with E-state index in [0.717, 1.165) is 28.9 Å². The fraction of sp³-hybridized carbons (Fsp3) is 0.286. The number of hydrogen-bond acceptors (Lipinski definition) is 2. The second kappa shape index (κ2) is 4.69. The number of nitrogens with zero attached hydrogens (tertiary/aromatic N) is 1. The normalized spacial score (nSPS) is 26.8. The van der Waals surface area contributed by atoms with Gasteiger partial charge in [-0.25, -0.2) is 5.43 Å². The summed E-state index contributed by atoms with van der Waals surface area (Å²) in [6, 6.07) is 7.25. The van der Waals surface area contributed by atoms with Gasteiger partial charge in [0.2, 0.25) is 0 Å². The van der Waals surface area contributed by atoms with Gasteiger partial charge in [0.1, 0.15) is 0 Å². The van der Waals surface area contributed by atoms with Gasteiger partial charge in [0.05, 0.1) is 0 Å². The highest BCUT2D eigenvalue weighted by molar-refractivity contribution is 9.10. The molecule has 0 unspecified atom stereocenters. The SMILES string of the molecule is O=C(N/N=C1/C[C@H]2CC=C[C@H]12)c1ccc(Br)cc1. The molecule has 0 spiro atoms. The van der Waals surface area contributed by atoms with E-state index in [-0.39, 0.29) is 5.91 Å².